The van der Waals surface area contributed by atoms with E-state index >= 15 is 0 Å². The highest BCUT2D eigenvalue weighted by Crippen LogP contribution is 2.07. The van der Waals surface area contributed by atoms with Crippen molar-refractivity contribution in [2.45, 2.75) is 39.2 Å². The van der Waals surface area contributed by atoms with Crippen molar-refractivity contribution < 1.29 is 4.39 Å². The molecule has 0 spiro atoms. The van der Waals surface area contributed by atoms with Crippen molar-refractivity contribution in [1.29, 1.82) is 0 Å². The summed E-state index contributed by atoms with van der Waals surface area (Å²) in [5, 5.41) is 3.49. The fourth-order valence-corrected chi connectivity index (χ4v) is 1.61. The Morgan fingerprint density at radius 2 is 1.87 bits per heavy atom. The minimum Gasteiger partial charge on any atom is -0.314 e. The summed E-state index contributed by atoms with van der Waals surface area (Å²) >= 11 is 0. The van der Waals surface area contributed by atoms with Crippen LogP contribution in [0.15, 0.2) is 24.3 Å². The molecule has 0 saturated heterocycles. The number of rotatable bonds is 6. The van der Waals surface area contributed by atoms with Gasteiger partial charge >= 0.3 is 0 Å². The Bertz CT molecular complexity index is 268. The van der Waals surface area contributed by atoms with Crippen LogP contribution in [0.5, 0.6) is 0 Å². The van der Waals surface area contributed by atoms with Crippen molar-refractivity contribution in [3.8, 4) is 0 Å². The summed E-state index contributed by atoms with van der Waals surface area (Å²) in [6.07, 6.45) is 3.24. The van der Waals surface area contributed by atoms with Crippen LogP contribution >= 0.6 is 0 Å². The van der Waals surface area contributed by atoms with Gasteiger partial charge in [0.1, 0.15) is 5.82 Å². The SMILES string of the molecule is CCCNC(CC)Cc1ccc(F)cc1. The number of benzene rings is 1. The van der Waals surface area contributed by atoms with E-state index in [1.807, 2.05) is 12.1 Å². The lowest BCUT2D eigenvalue weighted by Crippen LogP contribution is -2.31. The summed E-state index contributed by atoms with van der Waals surface area (Å²) in [7, 11) is 0. The van der Waals surface area contributed by atoms with Gasteiger partial charge in [-0.25, -0.2) is 4.39 Å². The fraction of sp³-hybridized carbons (Fsp3) is 0.538. The second kappa shape index (κ2) is 6.57. The molecule has 1 aromatic carbocycles. The Morgan fingerprint density at radius 3 is 2.40 bits per heavy atom. The molecule has 0 aliphatic heterocycles. The van der Waals surface area contributed by atoms with Crippen LogP contribution in [0.3, 0.4) is 0 Å². The van der Waals surface area contributed by atoms with Crippen molar-refractivity contribution in [2.75, 3.05) is 6.54 Å². The quantitative estimate of drug-likeness (QED) is 0.759. The van der Waals surface area contributed by atoms with Crippen LogP contribution in [0.2, 0.25) is 0 Å². The first-order valence-corrected chi connectivity index (χ1v) is 5.74. The molecule has 1 rings (SSSR count). The molecule has 0 radical (unpaired) electrons. The predicted molar refractivity (Wildman–Crippen MR) is 62.5 cm³/mol. The Balaban J connectivity index is 2.47. The topological polar surface area (TPSA) is 12.0 Å². The van der Waals surface area contributed by atoms with E-state index < -0.39 is 0 Å². The van der Waals surface area contributed by atoms with Gasteiger partial charge < -0.3 is 5.32 Å². The molecule has 84 valence electrons. The predicted octanol–water partition coefficient (Wildman–Crippen LogP) is 3.15. The van der Waals surface area contributed by atoms with Gasteiger partial charge in [-0.3, -0.25) is 0 Å². The van der Waals surface area contributed by atoms with E-state index in [1.54, 1.807) is 0 Å². The molecule has 0 fully saturated rings. The standard InChI is InChI=1S/C13H20FN/c1-3-9-15-13(4-2)10-11-5-7-12(14)8-6-11/h5-8,13,15H,3-4,9-10H2,1-2H3. The summed E-state index contributed by atoms with van der Waals surface area (Å²) in [5.41, 5.74) is 1.20. The van der Waals surface area contributed by atoms with Crippen molar-refractivity contribution >= 4 is 0 Å². The zero-order chi connectivity index (χ0) is 11.1. The number of hydrogen-bond acceptors (Lipinski definition) is 1. The molecule has 0 aliphatic rings. The van der Waals surface area contributed by atoms with Gasteiger partial charge in [0.05, 0.1) is 0 Å². The highest BCUT2D eigenvalue weighted by atomic mass is 19.1. The molecular formula is C13H20FN. The molecule has 1 atom stereocenters. The van der Waals surface area contributed by atoms with Crippen LogP contribution in [0.25, 0.3) is 0 Å². The first-order valence-electron chi connectivity index (χ1n) is 5.74. The third-order valence-electron chi connectivity index (χ3n) is 2.57. The lowest BCUT2D eigenvalue weighted by atomic mass is 10.0. The molecule has 0 saturated carbocycles. The third kappa shape index (κ3) is 4.43. The van der Waals surface area contributed by atoms with Crippen LogP contribution in [-0.2, 0) is 6.42 Å². The molecule has 2 heteroatoms. The Kier molecular flexibility index (Phi) is 5.33. The minimum absolute atomic E-state index is 0.159. The average molecular weight is 209 g/mol. The van der Waals surface area contributed by atoms with Crippen LogP contribution in [-0.4, -0.2) is 12.6 Å². The van der Waals surface area contributed by atoms with Gasteiger partial charge in [0.15, 0.2) is 0 Å². The lowest BCUT2D eigenvalue weighted by Gasteiger charge is -2.16. The van der Waals surface area contributed by atoms with Gasteiger partial charge in [-0.05, 0) is 43.5 Å². The highest BCUT2D eigenvalue weighted by Gasteiger charge is 2.05. The molecule has 1 unspecified atom stereocenters. The van der Waals surface area contributed by atoms with E-state index in [9.17, 15) is 4.39 Å². The zero-order valence-electron chi connectivity index (χ0n) is 9.59. The first-order chi connectivity index (χ1) is 7.26. The maximum absolute atomic E-state index is 12.7. The first kappa shape index (κ1) is 12.2. The van der Waals surface area contributed by atoms with E-state index in [-0.39, 0.29) is 5.82 Å². The van der Waals surface area contributed by atoms with Gasteiger partial charge in [-0.1, -0.05) is 26.0 Å². The molecule has 0 bridgehead atoms. The molecule has 0 aliphatic carbocycles. The summed E-state index contributed by atoms with van der Waals surface area (Å²) < 4.78 is 12.7. The van der Waals surface area contributed by atoms with E-state index in [0.29, 0.717) is 6.04 Å². The lowest BCUT2D eigenvalue weighted by molar-refractivity contribution is 0.494. The maximum Gasteiger partial charge on any atom is 0.123 e. The monoisotopic (exact) mass is 209 g/mol. The van der Waals surface area contributed by atoms with Gasteiger partial charge in [0.25, 0.3) is 0 Å². The van der Waals surface area contributed by atoms with Crippen molar-refractivity contribution in [2.24, 2.45) is 0 Å². The highest BCUT2D eigenvalue weighted by molar-refractivity contribution is 5.17. The van der Waals surface area contributed by atoms with E-state index in [2.05, 4.69) is 19.2 Å². The van der Waals surface area contributed by atoms with Gasteiger partial charge in [0.2, 0.25) is 0 Å². The van der Waals surface area contributed by atoms with Crippen LogP contribution in [0.1, 0.15) is 32.3 Å². The summed E-state index contributed by atoms with van der Waals surface area (Å²) in [4.78, 5) is 0. The van der Waals surface area contributed by atoms with Crippen LogP contribution in [0, 0.1) is 5.82 Å². The molecule has 0 aromatic heterocycles. The second-order valence-corrected chi connectivity index (χ2v) is 3.89. The van der Waals surface area contributed by atoms with Crippen LogP contribution < -0.4 is 5.32 Å². The van der Waals surface area contributed by atoms with Gasteiger partial charge in [-0.2, -0.15) is 0 Å². The Morgan fingerprint density at radius 1 is 1.20 bits per heavy atom. The zero-order valence-corrected chi connectivity index (χ0v) is 9.59. The summed E-state index contributed by atoms with van der Waals surface area (Å²) in [5.74, 6) is -0.159. The molecule has 1 N–H and O–H groups in total. The van der Waals surface area contributed by atoms with E-state index in [1.165, 1.54) is 17.7 Å². The van der Waals surface area contributed by atoms with Crippen molar-refractivity contribution in [3.63, 3.8) is 0 Å². The normalized spacial score (nSPS) is 12.7. The Hall–Kier alpha value is -0.890. The molecule has 0 heterocycles. The largest absolute Gasteiger partial charge is 0.314 e. The number of nitrogens with one attached hydrogen (secondary N) is 1. The smallest absolute Gasteiger partial charge is 0.123 e. The van der Waals surface area contributed by atoms with Gasteiger partial charge in [-0.15, -0.1) is 0 Å². The number of hydrogen-bond donors (Lipinski definition) is 1. The summed E-state index contributed by atoms with van der Waals surface area (Å²) in [6, 6.07) is 7.30. The van der Waals surface area contributed by atoms with Crippen LogP contribution in [0.4, 0.5) is 4.39 Å². The summed E-state index contributed by atoms with van der Waals surface area (Å²) in [6.45, 7) is 5.40. The molecule has 0 amide bonds. The van der Waals surface area contributed by atoms with Crippen molar-refractivity contribution in [1.82, 2.24) is 5.32 Å². The number of halogens is 1. The molecule has 1 aromatic rings. The minimum atomic E-state index is -0.159. The molecule has 1 nitrogen and oxygen atoms in total. The van der Waals surface area contributed by atoms with Crippen molar-refractivity contribution in [3.05, 3.63) is 35.6 Å². The maximum atomic E-state index is 12.7. The molecule has 15 heavy (non-hydrogen) atoms. The fourth-order valence-electron chi connectivity index (χ4n) is 1.61. The van der Waals surface area contributed by atoms with Gasteiger partial charge in [0, 0.05) is 6.04 Å². The molecular weight excluding hydrogens is 189 g/mol. The van der Waals surface area contributed by atoms with E-state index in [0.717, 1.165) is 25.8 Å². The van der Waals surface area contributed by atoms with E-state index in [4.69, 9.17) is 0 Å². The average Bonchev–Trinajstić information content (AvgIpc) is 2.27. The second-order valence-electron chi connectivity index (χ2n) is 3.89. The third-order valence-corrected chi connectivity index (χ3v) is 2.57. The Labute approximate surface area is 91.7 Å².